The predicted octanol–water partition coefficient (Wildman–Crippen LogP) is 6.63. The van der Waals surface area contributed by atoms with Gasteiger partial charge in [-0.3, -0.25) is 14.8 Å². The van der Waals surface area contributed by atoms with E-state index in [2.05, 4.69) is 47.6 Å². The van der Waals surface area contributed by atoms with Crippen molar-refractivity contribution < 1.29 is 4.79 Å². The van der Waals surface area contributed by atoms with E-state index in [0.29, 0.717) is 11.5 Å². The van der Waals surface area contributed by atoms with Crippen molar-refractivity contribution in [3.05, 3.63) is 65.0 Å². The van der Waals surface area contributed by atoms with Crippen LogP contribution in [0.3, 0.4) is 0 Å². The normalized spacial score (nSPS) is 16.1. The number of benzene rings is 1. The lowest BCUT2D eigenvalue weighted by Crippen LogP contribution is -2.27. The summed E-state index contributed by atoms with van der Waals surface area (Å²) >= 11 is 1.68. The number of aliphatic imine (C=N–C) groups is 1. The molecule has 0 N–H and O–H groups in total. The maximum Gasteiger partial charge on any atom is 0.257 e. The van der Waals surface area contributed by atoms with Crippen molar-refractivity contribution in [2.75, 3.05) is 12.8 Å². The van der Waals surface area contributed by atoms with Crippen LogP contribution in [0.25, 0.3) is 10.9 Å². The second-order valence-electron chi connectivity index (χ2n) is 7.97. The van der Waals surface area contributed by atoms with Gasteiger partial charge in [0.15, 0.2) is 0 Å². The molecule has 0 spiro atoms. The number of thioether (sulfide) groups is 1. The van der Waals surface area contributed by atoms with Crippen LogP contribution in [0.2, 0.25) is 0 Å². The Morgan fingerprint density at radius 1 is 1.29 bits per heavy atom. The molecule has 0 aliphatic carbocycles. The van der Waals surface area contributed by atoms with E-state index in [0.717, 1.165) is 53.7 Å². The maximum atomic E-state index is 13.4. The molecule has 4 nitrogen and oxygen atoms in total. The van der Waals surface area contributed by atoms with Gasteiger partial charge in [-0.25, -0.2) is 0 Å². The van der Waals surface area contributed by atoms with E-state index in [-0.39, 0.29) is 5.91 Å². The highest BCUT2D eigenvalue weighted by molar-refractivity contribution is 8.02. The molecule has 0 saturated heterocycles. The van der Waals surface area contributed by atoms with Crippen molar-refractivity contribution in [2.24, 2.45) is 10.9 Å². The topological polar surface area (TPSA) is 45.6 Å². The molecule has 1 aromatic carbocycles. The molecular formula is C26H33N3OS. The van der Waals surface area contributed by atoms with Gasteiger partial charge in [-0.2, -0.15) is 0 Å². The molecule has 1 aliphatic heterocycles. The van der Waals surface area contributed by atoms with Crippen molar-refractivity contribution in [3.63, 3.8) is 0 Å². The first-order chi connectivity index (χ1) is 15.2. The van der Waals surface area contributed by atoms with Crippen molar-refractivity contribution >= 4 is 34.8 Å². The molecule has 1 aliphatic rings. The van der Waals surface area contributed by atoms with Gasteiger partial charge in [0.2, 0.25) is 0 Å². The van der Waals surface area contributed by atoms with E-state index in [1.54, 1.807) is 18.0 Å². The SMILES string of the molecule is C/C=C\N(CCCCCC)C(=O)c1cc(CC2C=NC(SC)=CC2)c2cccnc2c1. The van der Waals surface area contributed by atoms with E-state index >= 15 is 0 Å². The molecule has 1 aromatic heterocycles. The maximum absolute atomic E-state index is 13.4. The lowest BCUT2D eigenvalue weighted by Gasteiger charge is -2.20. The Hall–Kier alpha value is -2.40. The summed E-state index contributed by atoms with van der Waals surface area (Å²) in [6.07, 6.45) is 18.3. The molecule has 3 rings (SSSR count). The summed E-state index contributed by atoms with van der Waals surface area (Å²) in [5.74, 6) is 0.385. The zero-order valence-corrected chi connectivity index (χ0v) is 19.7. The van der Waals surface area contributed by atoms with E-state index in [9.17, 15) is 4.79 Å². The molecule has 0 radical (unpaired) electrons. The van der Waals surface area contributed by atoms with E-state index in [1.807, 2.05) is 36.2 Å². The summed E-state index contributed by atoms with van der Waals surface area (Å²) in [6, 6.07) is 8.07. The van der Waals surface area contributed by atoms with Crippen LogP contribution >= 0.6 is 11.8 Å². The minimum atomic E-state index is 0.0466. The molecule has 1 amide bonds. The van der Waals surface area contributed by atoms with Crippen molar-refractivity contribution in [1.29, 1.82) is 0 Å². The number of amides is 1. The number of nitrogens with zero attached hydrogens (tertiary/aromatic N) is 3. The van der Waals surface area contributed by atoms with Crippen LogP contribution in [0.15, 0.2) is 58.8 Å². The summed E-state index contributed by atoms with van der Waals surface area (Å²) in [6.45, 7) is 4.90. The number of hydrogen-bond donors (Lipinski definition) is 0. The number of carbonyl (C=O) groups is 1. The Balaban J connectivity index is 1.86. The first-order valence-corrected chi connectivity index (χ1v) is 12.5. The Morgan fingerprint density at radius 2 is 2.16 bits per heavy atom. The molecule has 2 aromatic rings. The summed E-state index contributed by atoms with van der Waals surface area (Å²) in [5, 5.41) is 2.20. The standard InChI is InChI=1S/C26H33N3OS/c1-4-6-7-8-15-29(14-5-2)26(30)22-17-21(23-10-9-13-27-24(23)18-22)16-20-11-12-25(31-3)28-19-20/h5,9-10,12-14,17-20H,4,6-8,11,15-16H2,1-3H3/b14-5-. The number of unbranched alkanes of at least 4 members (excludes halogenated alkanes) is 3. The van der Waals surface area contributed by atoms with Crippen LogP contribution in [0.4, 0.5) is 0 Å². The highest BCUT2D eigenvalue weighted by Gasteiger charge is 2.18. The Morgan fingerprint density at radius 3 is 2.87 bits per heavy atom. The first-order valence-electron chi connectivity index (χ1n) is 11.3. The number of hydrogen-bond acceptors (Lipinski definition) is 4. The third-order valence-electron chi connectivity index (χ3n) is 5.59. The number of rotatable bonds is 10. The lowest BCUT2D eigenvalue weighted by molar-refractivity contribution is 0.0820. The van der Waals surface area contributed by atoms with Crippen molar-refractivity contribution in [1.82, 2.24) is 9.88 Å². The van der Waals surface area contributed by atoms with Crippen LogP contribution in [0.1, 0.15) is 61.9 Å². The molecule has 0 bridgehead atoms. The summed E-state index contributed by atoms with van der Waals surface area (Å²) in [4.78, 5) is 24.3. The van der Waals surface area contributed by atoms with Gasteiger partial charge in [0.25, 0.3) is 5.91 Å². The van der Waals surface area contributed by atoms with Crippen molar-refractivity contribution in [3.8, 4) is 0 Å². The average molecular weight is 436 g/mol. The molecular weight excluding hydrogens is 402 g/mol. The number of pyridine rings is 1. The van der Waals surface area contributed by atoms with Crippen LogP contribution in [0, 0.1) is 5.92 Å². The van der Waals surface area contributed by atoms with Gasteiger partial charge in [-0.1, -0.05) is 44.4 Å². The summed E-state index contributed by atoms with van der Waals surface area (Å²) < 4.78 is 0. The van der Waals surface area contributed by atoms with Gasteiger partial charge in [0.1, 0.15) is 0 Å². The molecule has 2 heterocycles. The van der Waals surface area contributed by atoms with Gasteiger partial charge >= 0.3 is 0 Å². The Labute approximate surface area is 190 Å². The van der Waals surface area contributed by atoms with Crippen molar-refractivity contribution in [2.45, 2.75) is 52.4 Å². The first kappa shape index (κ1) is 23.3. The molecule has 0 fully saturated rings. The number of fused-ring (bicyclic) bond motifs is 1. The minimum absolute atomic E-state index is 0.0466. The van der Waals surface area contributed by atoms with Crippen LogP contribution in [-0.2, 0) is 6.42 Å². The zero-order chi connectivity index (χ0) is 22.1. The Bertz CT molecular complexity index is 980. The van der Waals surface area contributed by atoms with Gasteiger partial charge in [-0.15, -0.1) is 11.8 Å². The second kappa shape index (κ2) is 11.8. The van der Waals surface area contributed by atoms with Crippen LogP contribution in [-0.4, -0.2) is 34.8 Å². The highest BCUT2D eigenvalue weighted by atomic mass is 32.2. The van der Waals surface area contributed by atoms with Crippen LogP contribution in [0.5, 0.6) is 0 Å². The molecule has 164 valence electrons. The monoisotopic (exact) mass is 435 g/mol. The Kier molecular flexibility index (Phi) is 8.89. The fourth-order valence-electron chi connectivity index (χ4n) is 3.95. The second-order valence-corrected chi connectivity index (χ2v) is 8.80. The smallest absolute Gasteiger partial charge is 0.257 e. The van der Waals surface area contributed by atoms with Gasteiger partial charge in [0.05, 0.1) is 10.5 Å². The summed E-state index contributed by atoms with van der Waals surface area (Å²) in [5.41, 5.74) is 2.75. The van der Waals surface area contributed by atoms with Gasteiger partial charge in [0, 0.05) is 42.0 Å². The van der Waals surface area contributed by atoms with E-state index in [1.165, 1.54) is 12.8 Å². The molecule has 0 saturated carbocycles. The highest BCUT2D eigenvalue weighted by Crippen LogP contribution is 2.27. The van der Waals surface area contributed by atoms with Crippen LogP contribution < -0.4 is 0 Å². The molecule has 1 unspecified atom stereocenters. The molecule has 1 atom stereocenters. The fraction of sp³-hybridized carbons (Fsp3) is 0.423. The third-order valence-corrected chi connectivity index (χ3v) is 6.29. The largest absolute Gasteiger partial charge is 0.315 e. The number of aromatic nitrogens is 1. The molecule has 5 heteroatoms. The van der Waals surface area contributed by atoms with E-state index in [4.69, 9.17) is 0 Å². The third kappa shape index (κ3) is 6.30. The lowest BCUT2D eigenvalue weighted by atomic mass is 9.92. The predicted molar refractivity (Wildman–Crippen MR) is 134 cm³/mol. The summed E-state index contributed by atoms with van der Waals surface area (Å²) in [7, 11) is 0. The van der Waals surface area contributed by atoms with Gasteiger partial charge in [-0.05, 0) is 56.2 Å². The number of allylic oxidation sites excluding steroid dienone is 2. The minimum Gasteiger partial charge on any atom is -0.315 e. The zero-order valence-electron chi connectivity index (χ0n) is 18.9. The quantitative estimate of drug-likeness (QED) is 0.394. The fourth-order valence-corrected chi connectivity index (χ4v) is 4.38. The molecule has 31 heavy (non-hydrogen) atoms. The van der Waals surface area contributed by atoms with E-state index < -0.39 is 0 Å². The van der Waals surface area contributed by atoms with Gasteiger partial charge < -0.3 is 4.90 Å². The average Bonchev–Trinajstić information content (AvgIpc) is 2.81. The number of carbonyl (C=O) groups excluding carboxylic acids is 1.